The van der Waals surface area contributed by atoms with Gasteiger partial charge in [0.15, 0.2) is 0 Å². The van der Waals surface area contributed by atoms with Gasteiger partial charge in [-0.05, 0) is 25.0 Å². The first-order valence-electron chi connectivity index (χ1n) is 4.05. The van der Waals surface area contributed by atoms with E-state index >= 15 is 0 Å². The summed E-state index contributed by atoms with van der Waals surface area (Å²) in [7, 11) is 0. The summed E-state index contributed by atoms with van der Waals surface area (Å²) in [5.41, 5.74) is 7.34. The topological polar surface area (TPSA) is 59.1 Å². The van der Waals surface area contributed by atoms with Gasteiger partial charge in [0.05, 0.1) is 6.10 Å². The number of aromatic nitrogens is 1. The minimum Gasteiger partial charge on any atom is -0.388 e. The summed E-state index contributed by atoms with van der Waals surface area (Å²) in [6, 6.07) is 1.77. The summed E-state index contributed by atoms with van der Waals surface area (Å²) >= 11 is 0. The Morgan fingerprint density at radius 3 is 2.83 bits per heavy atom. The van der Waals surface area contributed by atoms with Crippen molar-refractivity contribution in [3.8, 4) is 0 Å². The Morgan fingerprint density at radius 2 is 2.33 bits per heavy atom. The second-order valence-corrected chi connectivity index (χ2v) is 2.89. The molecule has 0 aliphatic heterocycles. The summed E-state index contributed by atoms with van der Waals surface area (Å²) in [5, 5.41) is 9.52. The maximum Gasteiger partial charge on any atom is 0.123 e. The second kappa shape index (κ2) is 3.54. The molecular weight excluding hydrogens is 152 g/mol. The zero-order valence-corrected chi connectivity index (χ0v) is 7.41. The van der Waals surface area contributed by atoms with Gasteiger partial charge in [-0.15, -0.1) is 0 Å². The molecule has 1 aromatic heterocycles. The van der Waals surface area contributed by atoms with Crippen LogP contribution >= 0.6 is 0 Å². The summed E-state index contributed by atoms with van der Waals surface area (Å²) in [5.74, 6) is 0.500. The maximum atomic E-state index is 9.52. The van der Waals surface area contributed by atoms with Crippen LogP contribution in [0.3, 0.4) is 0 Å². The van der Waals surface area contributed by atoms with E-state index in [0.29, 0.717) is 12.2 Å². The third-order valence-corrected chi connectivity index (χ3v) is 1.92. The fourth-order valence-corrected chi connectivity index (χ4v) is 1.16. The number of hydrogen-bond donors (Lipinski definition) is 2. The average Bonchev–Trinajstić information content (AvgIpc) is 2.03. The van der Waals surface area contributed by atoms with Crippen LogP contribution in [0.5, 0.6) is 0 Å². The zero-order chi connectivity index (χ0) is 9.14. The van der Waals surface area contributed by atoms with E-state index in [9.17, 15) is 5.11 Å². The Morgan fingerprint density at radius 1 is 1.67 bits per heavy atom. The van der Waals surface area contributed by atoms with E-state index in [1.54, 1.807) is 12.3 Å². The van der Waals surface area contributed by atoms with Crippen molar-refractivity contribution in [3.05, 3.63) is 23.4 Å². The van der Waals surface area contributed by atoms with Crippen molar-refractivity contribution in [2.24, 2.45) is 0 Å². The normalized spacial score (nSPS) is 12.9. The highest BCUT2D eigenvalue weighted by Gasteiger charge is 2.07. The summed E-state index contributed by atoms with van der Waals surface area (Å²) < 4.78 is 0. The molecule has 1 heterocycles. The zero-order valence-electron chi connectivity index (χ0n) is 7.41. The SMILES string of the molecule is CC[C@H](O)c1cnc(N)cc1C. The Balaban J connectivity index is 3.01. The smallest absolute Gasteiger partial charge is 0.123 e. The van der Waals surface area contributed by atoms with Gasteiger partial charge in [-0.25, -0.2) is 4.98 Å². The average molecular weight is 166 g/mol. The molecule has 0 aliphatic rings. The molecule has 3 N–H and O–H groups in total. The lowest BCUT2D eigenvalue weighted by molar-refractivity contribution is 0.172. The summed E-state index contributed by atoms with van der Waals surface area (Å²) in [4.78, 5) is 3.93. The Kier molecular flexibility index (Phi) is 2.65. The van der Waals surface area contributed by atoms with Crippen molar-refractivity contribution in [2.75, 3.05) is 5.73 Å². The predicted molar refractivity (Wildman–Crippen MR) is 48.6 cm³/mol. The lowest BCUT2D eigenvalue weighted by Gasteiger charge is -2.10. The van der Waals surface area contributed by atoms with Crippen LogP contribution in [0.25, 0.3) is 0 Å². The van der Waals surface area contributed by atoms with Gasteiger partial charge in [0, 0.05) is 11.8 Å². The van der Waals surface area contributed by atoms with E-state index in [0.717, 1.165) is 11.1 Å². The third-order valence-electron chi connectivity index (χ3n) is 1.92. The minimum atomic E-state index is -0.418. The van der Waals surface area contributed by atoms with Crippen LogP contribution in [0.4, 0.5) is 5.82 Å². The number of anilines is 1. The molecule has 1 rings (SSSR count). The lowest BCUT2D eigenvalue weighted by atomic mass is 10.0. The summed E-state index contributed by atoms with van der Waals surface area (Å²) in [6.07, 6.45) is 1.92. The summed E-state index contributed by atoms with van der Waals surface area (Å²) in [6.45, 7) is 3.85. The molecular formula is C9H14N2O. The molecule has 0 aromatic carbocycles. The molecule has 1 atom stereocenters. The molecule has 0 unspecified atom stereocenters. The highest BCUT2D eigenvalue weighted by molar-refractivity contribution is 5.37. The molecule has 0 saturated heterocycles. The molecule has 0 spiro atoms. The van der Waals surface area contributed by atoms with Crippen LogP contribution in [0.15, 0.2) is 12.3 Å². The van der Waals surface area contributed by atoms with Crippen LogP contribution in [-0.2, 0) is 0 Å². The number of nitrogen functional groups attached to an aromatic ring is 1. The van der Waals surface area contributed by atoms with E-state index in [1.165, 1.54) is 0 Å². The molecule has 12 heavy (non-hydrogen) atoms. The van der Waals surface area contributed by atoms with Crippen molar-refractivity contribution < 1.29 is 5.11 Å². The highest BCUT2D eigenvalue weighted by atomic mass is 16.3. The first-order chi connectivity index (χ1) is 5.65. The molecule has 66 valence electrons. The molecule has 3 nitrogen and oxygen atoms in total. The number of rotatable bonds is 2. The van der Waals surface area contributed by atoms with Crippen LogP contribution < -0.4 is 5.73 Å². The van der Waals surface area contributed by atoms with Crippen LogP contribution in [-0.4, -0.2) is 10.1 Å². The number of hydrogen-bond acceptors (Lipinski definition) is 3. The van der Waals surface area contributed by atoms with Crippen molar-refractivity contribution in [1.82, 2.24) is 4.98 Å². The molecule has 0 amide bonds. The van der Waals surface area contributed by atoms with Crippen molar-refractivity contribution in [1.29, 1.82) is 0 Å². The Labute approximate surface area is 72.2 Å². The van der Waals surface area contributed by atoms with Gasteiger partial charge in [-0.3, -0.25) is 0 Å². The van der Waals surface area contributed by atoms with Gasteiger partial charge in [0.25, 0.3) is 0 Å². The van der Waals surface area contributed by atoms with Gasteiger partial charge < -0.3 is 10.8 Å². The molecule has 0 saturated carbocycles. The highest BCUT2D eigenvalue weighted by Crippen LogP contribution is 2.20. The van der Waals surface area contributed by atoms with Crippen LogP contribution in [0, 0.1) is 6.92 Å². The van der Waals surface area contributed by atoms with Gasteiger partial charge in [-0.2, -0.15) is 0 Å². The first-order valence-corrected chi connectivity index (χ1v) is 4.05. The monoisotopic (exact) mass is 166 g/mol. The fourth-order valence-electron chi connectivity index (χ4n) is 1.16. The number of nitrogens with two attached hydrogens (primary N) is 1. The molecule has 0 bridgehead atoms. The van der Waals surface area contributed by atoms with Crippen molar-refractivity contribution in [2.45, 2.75) is 26.4 Å². The lowest BCUT2D eigenvalue weighted by Crippen LogP contribution is -2.01. The Hall–Kier alpha value is -1.09. The van der Waals surface area contributed by atoms with Crippen molar-refractivity contribution in [3.63, 3.8) is 0 Å². The second-order valence-electron chi connectivity index (χ2n) is 2.89. The quantitative estimate of drug-likeness (QED) is 0.698. The van der Waals surface area contributed by atoms with Gasteiger partial charge in [0.1, 0.15) is 5.82 Å². The predicted octanol–water partition coefficient (Wildman–Crippen LogP) is 1.42. The number of aliphatic hydroxyl groups is 1. The van der Waals surface area contributed by atoms with E-state index in [4.69, 9.17) is 5.73 Å². The van der Waals surface area contributed by atoms with E-state index in [-0.39, 0.29) is 0 Å². The minimum absolute atomic E-state index is 0.418. The molecule has 3 heteroatoms. The standard InChI is InChI=1S/C9H14N2O/c1-3-8(12)7-5-11-9(10)4-6(7)2/h4-5,8,12H,3H2,1-2H3,(H2,10,11)/t8-/m0/s1. The Bertz CT molecular complexity index is 273. The van der Waals surface area contributed by atoms with Gasteiger partial charge >= 0.3 is 0 Å². The van der Waals surface area contributed by atoms with E-state index < -0.39 is 6.10 Å². The third kappa shape index (κ3) is 1.74. The van der Waals surface area contributed by atoms with Gasteiger partial charge in [0.2, 0.25) is 0 Å². The van der Waals surface area contributed by atoms with Crippen LogP contribution in [0.2, 0.25) is 0 Å². The fraction of sp³-hybridized carbons (Fsp3) is 0.444. The number of aryl methyl sites for hydroxylation is 1. The molecule has 0 radical (unpaired) electrons. The first kappa shape index (κ1) is 9.00. The van der Waals surface area contributed by atoms with E-state index in [1.807, 2.05) is 13.8 Å². The molecule has 0 fully saturated rings. The number of pyridine rings is 1. The molecule has 1 aromatic rings. The van der Waals surface area contributed by atoms with E-state index in [2.05, 4.69) is 4.98 Å². The number of aliphatic hydroxyl groups excluding tert-OH is 1. The van der Waals surface area contributed by atoms with Crippen molar-refractivity contribution >= 4 is 5.82 Å². The van der Waals surface area contributed by atoms with Crippen LogP contribution in [0.1, 0.15) is 30.6 Å². The largest absolute Gasteiger partial charge is 0.388 e. The number of nitrogens with zero attached hydrogens (tertiary/aromatic N) is 1. The molecule has 0 aliphatic carbocycles. The van der Waals surface area contributed by atoms with Gasteiger partial charge in [-0.1, -0.05) is 6.92 Å². The maximum absolute atomic E-state index is 9.52.